The summed E-state index contributed by atoms with van der Waals surface area (Å²) < 4.78 is 1.84. The second-order valence-corrected chi connectivity index (χ2v) is 5.69. The van der Waals surface area contributed by atoms with Crippen molar-refractivity contribution in [1.82, 2.24) is 15.2 Å². The Balaban J connectivity index is 2.59. The summed E-state index contributed by atoms with van der Waals surface area (Å²) in [6.07, 6.45) is 1.74. The fraction of sp³-hybridized carbons (Fsp3) is 0.455. The summed E-state index contributed by atoms with van der Waals surface area (Å²) in [6, 6.07) is 1.71. The second-order valence-electron chi connectivity index (χ2n) is 3.92. The zero-order chi connectivity index (χ0) is 13.0. The van der Waals surface area contributed by atoms with Gasteiger partial charge in [-0.2, -0.15) is 0 Å². The maximum atomic E-state index is 11.6. The van der Waals surface area contributed by atoms with Crippen LogP contribution in [0.3, 0.4) is 0 Å². The first-order valence-corrected chi connectivity index (χ1v) is 6.75. The van der Waals surface area contributed by atoms with Crippen LogP contribution in [-0.2, 0) is 11.3 Å². The van der Waals surface area contributed by atoms with Crippen molar-refractivity contribution in [1.29, 1.82) is 0 Å². The molecule has 0 aliphatic rings. The number of carbonyl (C=O) groups excluding carboxylic acids is 1. The molecule has 0 saturated heterocycles. The Labute approximate surface area is 118 Å². The van der Waals surface area contributed by atoms with Gasteiger partial charge in [-0.1, -0.05) is 0 Å². The third-order valence-corrected chi connectivity index (χ3v) is 3.39. The minimum atomic E-state index is -0.220. The van der Waals surface area contributed by atoms with Gasteiger partial charge in [0.2, 0.25) is 5.91 Å². The molecule has 0 aliphatic heterocycles. The van der Waals surface area contributed by atoms with Gasteiger partial charge in [0.05, 0.1) is 11.7 Å². The van der Waals surface area contributed by atoms with Crippen LogP contribution in [-0.4, -0.2) is 35.9 Å². The topological polar surface area (TPSA) is 45.2 Å². The van der Waals surface area contributed by atoms with Gasteiger partial charge in [-0.05, 0) is 44.8 Å². The van der Waals surface area contributed by atoms with Crippen molar-refractivity contribution in [3.05, 3.63) is 26.9 Å². The summed E-state index contributed by atoms with van der Waals surface area (Å²) >= 11 is 6.78. The molecule has 0 bridgehead atoms. The van der Waals surface area contributed by atoms with Crippen LogP contribution in [0.2, 0.25) is 0 Å². The minimum absolute atomic E-state index is 0.0539. The number of pyridine rings is 1. The van der Waals surface area contributed by atoms with Crippen LogP contribution in [0.15, 0.2) is 21.2 Å². The molecule has 1 N–H and O–H groups in total. The predicted molar refractivity (Wildman–Crippen MR) is 74.6 cm³/mol. The van der Waals surface area contributed by atoms with Crippen LogP contribution >= 0.6 is 31.9 Å². The Morgan fingerprint density at radius 3 is 2.71 bits per heavy atom. The van der Waals surface area contributed by atoms with Crippen LogP contribution < -0.4 is 5.32 Å². The van der Waals surface area contributed by atoms with Crippen LogP contribution in [0.25, 0.3) is 0 Å². The number of hydrogen-bond acceptors (Lipinski definition) is 3. The van der Waals surface area contributed by atoms with Crippen molar-refractivity contribution in [2.45, 2.75) is 19.5 Å². The maximum Gasteiger partial charge on any atom is 0.238 e. The molecule has 1 heterocycles. The highest BCUT2D eigenvalue weighted by Gasteiger charge is 2.14. The molecule has 1 amide bonds. The molecule has 0 aliphatic carbocycles. The lowest BCUT2D eigenvalue weighted by Crippen LogP contribution is -2.41. The molecule has 1 rings (SSSR count). The van der Waals surface area contributed by atoms with Crippen molar-refractivity contribution in [3.8, 4) is 0 Å². The van der Waals surface area contributed by atoms with Gasteiger partial charge in [0.1, 0.15) is 0 Å². The van der Waals surface area contributed by atoms with Gasteiger partial charge in [-0.15, -0.1) is 0 Å². The molecule has 0 aromatic carbocycles. The molecule has 0 fully saturated rings. The molecule has 17 heavy (non-hydrogen) atoms. The van der Waals surface area contributed by atoms with E-state index < -0.39 is 0 Å². The van der Waals surface area contributed by atoms with E-state index >= 15 is 0 Å². The minimum Gasteiger partial charge on any atom is -0.347 e. The number of carbonyl (C=O) groups is 1. The molecular weight excluding hydrogens is 350 g/mol. The van der Waals surface area contributed by atoms with Crippen LogP contribution in [0.1, 0.15) is 12.6 Å². The summed E-state index contributed by atoms with van der Waals surface area (Å²) in [4.78, 5) is 17.5. The summed E-state index contributed by atoms with van der Waals surface area (Å²) in [5.41, 5.74) is 0.881. The SMILES string of the molecule is CC(NCc1ncc(Br)cc1Br)C(=O)N(C)C. The second kappa shape index (κ2) is 6.47. The van der Waals surface area contributed by atoms with E-state index in [1.54, 1.807) is 25.2 Å². The Morgan fingerprint density at radius 2 is 2.18 bits per heavy atom. The van der Waals surface area contributed by atoms with E-state index in [-0.39, 0.29) is 11.9 Å². The van der Waals surface area contributed by atoms with Gasteiger partial charge in [-0.25, -0.2) is 0 Å². The van der Waals surface area contributed by atoms with Crippen LogP contribution in [0.5, 0.6) is 0 Å². The highest BCUT2D eigenvalue weighted by atomic mass is 79.9. The van der Waals surface area contributed by atoms with Crippen molar-refractivity contribution in [2.75, 3.05) is 14.1 Å². The number of hydrogen-bond donors (Lipinski definition) is 1. The normalized spacial score (nSPS) is 12.3. The number of amides is 1. The fourth-order valence-corrected chi connectivity index (χ4v) is 2.43. The number of halogens is 2. The summed E-state index contributed by atoms with van der Waals surface area (Å²) in [5.74, 6) is 0.0539. The Kier molecular flexibility index (Phi) is 5.55. The third kappa shape index (κ3) is 4.37. The van der Waals surface area contributed by atoms with Crippen molar-refractivity contribution in [3.63, 3.8) is 0 Å². The van der Waals surface area contributed by atoms with E-state index in [0.717, 1.165) is 14.6 Å². The molecule has 1 unspecified atom stereocenters. The molecule has 0 saturated carbocycles. The van der Waals surface area contributed by atoms with Gasteiger partial charge in [0.15, 0.2) is 0 Å². The molecule has 1 aromatic rings. The van der Waals surface area contributed by atoms with Crippen LogP contribution in [0.4, 0.5) is 0 Å². The maximum absolute atomic E-state index is 11.6. The van der Waals surface area contributed by atoms with Crippen molar-refractivity contribution >= 4 is 37.8 Å². The lowest BCUT2D eigenvalue weighted by Gasteiger charge is -2.18. The average molecular weight is 365 g/mol. The van der Waals surface area contributed by atoms with Gasteiger partial charge in [-0.3, -0.25) is 9.78 Å². The molecule has 94 valence electrons. The van der Waals surface area contributed by atoms with Gasteiger partial charge in [0, 0.05) is 35.8 Å². The average Bonchev–Trinajstić information content (AvgIpc) is 2.26. The molecule has 6 heteroatoms. The Hall–Kier alpha value is -0.460. The first-order valence-electron chi connectivity index (χ1n) is 5.16. The number of rotatable bonds is 4. The molecular formula is C11H15Br2N3O. The van der Waals surface area contributed by atoms with Crippen molar-refractivity contribution in [2.24, 2.45) is 0 Å². The fourth-order valence-electron chi connectivity index (χ4n) is 1.30. The van der Waals surface area contributed by atoms with Crippen molar-refractivity contribution < 1.29 is 4.79 Å². The smallest absolute Gasteiger partial charge is 0.238 e. The summed E-state index contributed by atoms with van der Waals surface area (Å²) in [6.45, 7) is 2.39. The molecule has 0 spiro atoms. The molecule has 1 aromatic heterocycles. The highest BCUT2D eigenvalue weighted by molar-refractivity contribution is 9.11. The van der Waals surface area contributed by atoms with E-state index in [4.69, 9.17) is 0 Å². The number of nitrogens with one attached hydrogen (secondary N) is 1. The molecule has 4 nitrogen and oxygen atoms in total. The monoisotopic (exact) mass is 363 g/mol. The van der Waals surface area contributed by atoms with Gasteiger partial charge < -0.3 is 10.2 Å². The van der Waals surface area contributed by atoms with E-state index in [1.807, 2.05) is 13.0 Å². The van der Waals surface area contributed by atoms with Gasteiger partial charge >= 0.3 is 0 Å². The quantitative estimate of drug-likeness (QED) is 0.890. The van der Waals surface area contributed by atoms with E-state index in [9.17, 15) is 4.79 Å². The highest BCUT2D eigenvalue weighted by Crippen LogP contribution is 2.19. The number of likely N-dealkylation sites (N-methyl/N-ethyl adjacent to an activating group) is 1. The standard InChI is InChI=1S/C11H15Br2N3O/c1-7(11(17)16(2)3)14-6-10-9(13)4-8(12)5-15-10/h4-5,7,14H,6H2,1-3H3. The zero-order valence-corrected chi connectivity index (χ0v) is 13.2. The first kappa shape index (κ1) is 14.6. The first-order chi connectivity index (χ1) is 7.91. The summed E-state index contributed by atoms with van der Waals surface area (Å²) in [7, 11) is 3.49. The Morgan fingerprint density at radius 1 is 1.53 bits per heavy atom. The zero-order valence-electron chi connectivity index (χ0n) is 10.00. The summed E-state index contributed by atoms with van der Waals surface area (Å²) in [5, 5.41) is 3.14. The van der Waals surface area contributed by atoms with Crippen LogP contribution in [0, 0.1) is 0 Å². The van der Waals surface area contributed by atoms with E-state index in [1.165, 1.54) is 0 Å². The van der Waals surface area contributed by atoms with E-state index in [2.05, 4.69) is 42.2 Å². The lowest BCUT2D eigenvalue weighted by molar-refractivity contribution is -0.130. The molecule has 1 atom stereocenters. The largest absolute Gasteiger partial charge is 0.347 e. The Bertz CT molecular complexity index is 410. The van der Waals surface area contributed by atoms with Gasteiger partial charge in [0.25, 0.3) is 0 Å². The molecule has 0 radical (unpaired) electrons. The third-order valence-electron chi connectivity index (χ3n) is 2.27. The lowest BCUT2D eigenvalue weighted by atomic mass is 10.2. The number of aromatic nitrogens is 1. The predicted octanol–water partition coefficient (Wildman–Crippen LogP) is 2.17. The van der Waals surface area contributed by atoms with E-state index in [0.29, 0.717) is 6.54 Å². The number of nitrogens with zero attached hydrogens (tertiary/aromatic N) is 2.